The Morgan fingerprint density at radius 2 is 1.88 bits per heavy atom. The first kappa shape index (κ1) is 19.3. The maximum atomic E-state index is 13.7. The van der Waals surface area contributed by atoms with Crippen molar-refractivity contribution in [2.45, 2.75) is 5.75 Å². The maximum absolute atomic E-state index is 13.7. The maximum Gasteiger partial charge on any atom is 0.258 e. The van der Waals surface area contributed by atoms with Gasteiger partial charge in [0.05, 0.1) is 11.3 Å². The lowest BCUT2D eigenvalue weighted by molar-refractivity contribution is 0.102. The molecule has 0 bridgehead atoms. The lowest BCUT2D eigenvalue weighted by Gasteiger charge is -2.08. The van der Waals surface area contributed by atoms with Gasteiger partial charge in [-0.3, -0.25) is 4.79 Å². The van der Waals surface area contributed by atoms with Gasteiger partial charge >= 0.3 is 0 Å². The smallest absolute Gasteiger partial charge is 0.258 e. The van der Waals surface area contributed by atoms with Crippen molar-refractivity contribution in [1.82, 2.24) is 4.72 Å². The number of amides is 1. The lowest BCUT2D eigenvalue weighted by atomic mass is 10.2. The average molecular weight is 427 g/mol. The van der Waals surface area contributed by atoms with Crippen LogP contribution in [0.1, 0.15) is 15.9 Å². The van der Waals surface area contributed by atoms with Crippen LogP contribution in [0.5, 0.6) is 0 Å². The molecule has 8 heteroatoms. The van der Waals surface area contributed by atoms with Gasteiger partial charge in [-0.15, -0.1) is 6.58 Å². The van der Waals surface area contributed by atoms with Crippen LogP contribution in [-0.4, -0.2) is 20.9 Å². The van der Waals surface area contributed by atoms with E-state index in [-0.39, 0.29) is 17.9 Å². The van der Waals surface area contributed by atoms with E-state index in [9.17, 15) is 17.6 Å². The van der Waals surface area contributed by atoms with E-state index in [0.717, 1.165) is 0 Å². The molecule has 132 valence electrons. The molecule has 0 atom stereocenters. The van der Waals surface area contributed by atoms with Crippen LogP contribution in [0.4, 0.5) is 10.1 Å². The Hall–Kier alpha value is -2.03. The number of carbonyl (C=O) groups is 1. The molecule has 0 unspecified atom stereocenters. The number of benzene rings is 2. The summed E-state index contributed by atoms with van der Waals surface area (Å²) in [4.78, 5) is 12.1. The van der Waals surface area contributed by atoms with Crippen molar-refractivity contribution in [2.24, 2.45) is 0 Å². The zero-order valence-electron chi connectivity index (χ0n) is 13.1. The summed E-state index contributed by atoms with van der Waals surface area (Å²) < 4.78 is 40.3. The van der Waals surface area contributed by atoms with Crippen LogP contribution < -0.4 is 10.0 Å². The second-order valence-corrected chi connectivity index (χ2v) is 7.89. The molecule has 0 aromatic heterocycles. The summed E-state index contributed by atoms with van der Waals surface area (Å²) in [6.45, 7) is 3.61. The van der Waals surface area contributed by atoms with Gasteiger partial charge in [-0.2, -0.15) is 0 Å². The highest BCUT2D eigenvalue weighted by molar-refractivity contribution is 9.10. The molecule has 0 fully saturated rings. The molecule has 0 aliphatic carbocycles. The topological polar surface area (TPSA) is 75.3 Å². The molecule has 2 aromatic rings. The van der Waals surface area contributed by atoms with Crippen molar-refractivity contribution >= 4 is 37.5 Å². The third-order valence-corrected chi connectivity index (χ3v) is 5.00. The van der Waals surface area contributed by atoms with Crippen molar-refractivity contribution < 1.29 is 17.6 Å². The van der Waals surface area contributed by atoms with Crippen LogP contribution in [0, 0.1) is 5.82 Å². The number of hydrogen-bond acceptors (Lipinski definition) is 3. The minimum absolute atomic E-state index is 0.0883. The van der Waals surface area contributed by atoms with Crippen molar-refractivity contribution in [2.75, 3.05) is 11.9 Å². The minimum atomic E-state index is -3.45. The number of halogens is 2. The summed E-state index contributed by atoms with van der Waals surface area (Å²) in [6, 6.07) is 10.4. The van der Waals surface area contributed by atoms with E-state index in [2.05, 4.69) is 32.5 Å². The highest BCUT2D eigenvalue weighted by Gasteiger charge is 2.13. The molecular weight excluding hydrogens is 411 g/mol. The third-order valence-electron chi connectivity index (χ3n) is 3.19. The minimum Gasteiger partial charge on any atom is -0.322 e. The normalized spacial score (nSPS) is 11.1. The highest BCUT2D eigenvalue weighted by Crippen LogP contribution is 2.18. The van der Waals surface area contributed by atoms with Crippen LogP contribution in [0.2, 0.25) is 0 Å². The number of rotatable bonds is 7. The molecule has 0 saturated heterocycles. The third kappa shape index (κ3) is 5.77. The molecule has 0 saturated carbocycles. The molecular formula is C17H16BrFN2O3S. The average Bonchev–Trinajstić information content (AvgIpc) is 2.56. The van der Waals surface area contributed by atoms with Gasteiger partial charge in [0.1, 0.15) is 5.82 Å². The number of sulfonamides is 1. The Morgan fingerprint density at radius 1 is 1.20 bits per heavy atom. The van der Waals surface area contributed by atoms with Crippen molar-refractivity contribution in [1.29, 1.82) is 0 Å². The van der Waals surface area contributed by atoms with Gasteiger partial charge in [0.25, 0.3) is 5.91 Å². The van der Waals surface area contributed by atoms with Crippen LogP contribution in [0.3, 0.4) is 0 Å². The summed E-state index contributed by atoms with van der Waals surface area (Å²) in [5.41, 5.74) is 0.905. The van der Waals surface area contributed by atoms with E-state index in [1.54, 1.807) is 24.3 Å². The van der Waals surface area contributed by atoms with E-state index in [1.165, 1.54) is 24.3 Å². The molecule has 0 radical (unpaired) electrons. The predicted molar refractivity (Wildman–Crippen MR) is 99.3 cm³/mol. The second-order valence-electron chi connectivity index (χ2n) is 5.17. The SMILES string of the molecule is C=CCNS(=O)(=O)Cc1ccc(NC(=O)c2cc(Br)ccc2F)cc1. The van der Waals surface area contributed by atoms with Crippen LogP contribution >= 0.6 is 15.9 Å². The quantitative estimate of drug-likeness (QED) is 0.665. The standard InChI is InChI=1S/C17H16BrFN2O3S/c1-2-9-20-25(23,24)11-12-3-6-14(7-4-12)21-17(22)15-10-13(18)5-8-16(15)19/h2-8,10,20H,1,9,11H2,(H,21,22). The molecule has 5 nitrogen and oxygen atoms in total. The molecule has 0 spiro atoms. The van der Waals surface area contributed by atoms with Crippen LogP contribution in [0.25, 0.3) is 0 Å². The molecule has 0 aliphatic heterocycles. The molecule has 2 rings (SSSR count). The molecule has 2 N–H and O–H groups in total. The molecule has 2 aromatic carbocycles. The first-order chi connectivity index (χ1) is 11.8. The Morgan fingerprint density at radius 3 is 2.52 bits per heavy atom. The number of nitrogens with one attached hydrogen (secondary N) is 2. The van der Waals surface area contributed by atoms with Crippen molar-refractivity contribution in [3.63, 3.8) is 0 Å². The Kier molecular flexibility index (Phi) is 6.46. The van der Waals surface area contributed by atoms with Gasteiger partial charge in [0.15, 0.2) is 0 Å². The molecule has 25 heavy (non-hydrogen) atoms. The van der Waals surface area contributed by atoms with Gasteiger partial charge in [-0.05, 0) is 35.9 Å². The molecule has 0 heterocycles. The Bertz CT molecular complexity index is 883. The zero-order chi connectivity index (χ0) is 18.4. The number of carbonyl (C=O) groups excluding carboxylic acids is 1. The Balaban J connectivity index is 2.06. The fourth-order valence-electron chi connectivity index (χ4n) is 2.01. The summed E-state index contributed by atoms with van der Waals surface area (Å²) in [7, 11) is -3.45. The van der Waals surface area contributed by atoms with E-state index in [4.69, 9.17) is 0 Å². The van der Waals surface area contributed by atoms with Crippen molar-refractivity contribution in [3.05, 3.63) is 76.5 Å². The zero-order valence-corrected chi connectivity index (χ0v) is 15.5. The number of anilines is 1. The molecule has 0 aliphatic rings. The summed E-state index contributed by atoms with van der Waals surface area (Å²) in [5.74, 6) is -1.40. The second kappa shape index (κ2) is 8.37. The fraction of sp³-hybridized carbons (Fsp3) is 0.118. The van der Waals surface area contributed by atoms with Gasteiger partial charge in [-0.1, -0.05) is 34.1 Å². The van der Waals surface area contributed by atoms with Gasteiger partial charge in [0, 0.05) is 16.7 Å². The fourth-order valence-corrected chi connectivity index (χ4v) is 3.48. The first-order valence-corrected chi connectivity index (χ1v) is 9.69. The Labute approximate surface area is 154 Å². The summed E-state index contributed by atoms with van der Waals surface area (Å²) in [5, 5.41) is 2.57. The summed E-state index contributed by atoms with van der Waals surface area (Å²) >= 11 is 3.19. The van der Waals surface area contributed by atoms with Gasteiger partial charge in [0.2, 0.25) is 10.0 Å². The van der Waals surface area contributed by atoms with E-state index in [0.29, 0.717) is 15.7 Å². The van der Waals surface area contributed by atoms with Gasteiger partial charge < -0.3 is 5.32 Å². The largest absolute Gasteiger partial charge is 0.322 e. The predicted octanol–water partition coefficient (Wildman–Crippen LogP) is 3.45. The van der Waals surface area contributed by atoms with Crippen LogP contribution in [-0.2, 0) is 15.8 Å². The monoisotopic (exact) mass is 426 g/mol. The van der Waals surface area contributed by atoms with E-state index < -0.39 is 21.7 Å². The van der Waals surface area contributed by atoms with Crippen LogP contribution in [0.15, 0.2) is 59.6 Å². The highest BCUT2D eigenvalue weighted by atomic mass is 79.9. The first-order valence-electron chi connectivity index (χ1n) is 7.24. The van der Waals surface area contributed by atoms with Crippen molar-refractivity contribution in [3.8, 4) is 0 Å². The lowest BCUT2D eigenvalue weighted by Crippen LogP contribution is -2.25. The number of hydrogen-bond donors (Lipinski definition) is 2. The molecule has 1 amide bonds. The van der Waals surface area contributed by atoms with Gasteiger partial charge in [-0.25, -0.2) is 17.5 Å². The van der Waals surface area contributed by atoms with E-state index in [1.807, 2.05) is 0 Å². The van der Waals surface area contributed by atoms with E-state index >= 15 is 0 Å². The summed E-state index contributed by atoms with van der Waals surface area (Å²) in [6.07, 6.45) is 1.46.